The maximum Gasteiger partial charge on any atom is 0.255 e. The van der Waals surface area contributed by atoms with Crippen LogP contribution in [-0.2, 0) is 6.54 Å². The monoisotopic (exact) mass is 337 g/mol. The number of rotatable bonds is 5. The van der Waals surface area contributed by atoms with Crippen molar-refractivity contribution in [2.45, 2.75) is 6.54 Å². The quantitative estimate of drug-likeness (QED) is 0.748. The number of amides is 1. The van der Waals surface area contributed by atoms with Gasteiger partial charge in [-0.15, -0.1) is 0 Å². The zero-order chi connectivity index (χ0) is 17.8. The molecule has 128 valence electrons. The number of aromatic hydroxyl groups is 1. The Morgan fingerprint density at radius 2 is 1.56 bits per heavy atom. The number of carbonyl (C=O) groups excluding carboxylic acids is 1. The summed E-state index contributed by atoms with van der Waals surface area (Å²) in [6, 6.07) is 16.4. The summed E-state index contributed by atoms with van der Waals surface area (Å²) in [5.41, 5.74) is 1.19. The van der Waals surface area contributed by atoms with Crippen molar-refractivity contribution in [2.24, 2.45) is 0 Å². The van der Waals surface area contributed by atoms with Gasteiger partial charge in [-0.2, -0.15) is 0 Å². The van der Waals surface area contributed by atoms with Crippen LogP contribution in [0.15, 0.2) is 54.6 Å². The minimum Gasteiger partial charge on any atom is -0.507 e. The molecule has 1 amide bonds. The Morgan fingerprint density at radius 1 is 0.920 bits per heavy atom. The lowest BCUT2D eigenvalue weighted by atomic mass is 10.1. The molecular formula is C20H19NO4. The molecule has 3 rings (SSSR count). The molecule has 0 aliphatic rings. The molecule has 0 fully saturated rings. The Labute approximate surface area is 145 Å². The maximum absolute atomic E-state index is 12.3. The largest absolute Gasteiger partial charge is 0.507 e. The Hall–Kier alpha value is -3.21. The highest BCUT2D eigenvalue weighted by Gasteiger charge is 2.11. The molecule has 0 aliphatic carbocycles. The van der Waals surface area contributed by atoms with E-state index in [-0.39, 0.29) is 17.2 Å². The average molecular weight is 337 g/mol. The smallest absolute Gasteiger partial charge is 0.255 e. The lowest BCUT2D eigenvalue weighted by molar-refractivity contribution is 0.0948. The van der Waals surface area contributed by atoms with E-state index in [1.54, 1.807) is 13.2 Å². The van der Waals surface area contributed by atoms with Crippen LogP contribution in [0.25, 0.3) is 10.8 Å². The molecule has 0 saturated heterocycles. The van der Waals surface area contributed by atoms with Gasteiger partial charge in [-0.25, -0.2) is 0 Å². The first kappa shape index (κ1) is 16.6. The van der Waals surface area contributed by atoms with Crippen LogP contribution in [0.5, 0.6) is 17.2 Å². The first-order valence-electron chi connectivity index (χ1n) is 7.82. The van der Waals surface area contributed by atoms with E-state index < -0.39 is 0 Å². The van der Waals surface area contributed by atoms with E-state index >= 15 is 0 Å². The van der Waals surface area contributed by atoms with Gasteiger partial charge in [0.1, 0.15) is 17.2 Å². The number of ether oxygens (including phenoxy) is 2. The number of carbonyl (C=O) groups is 1. The number of phenolic OH excluding ortho intramolecular Hbond substituents is 1. The van der Waals surface area contributed by atoms with Gasteiger partial charge in [-0.3, -0.25) is 4.79 Å². The van der Waals surface area contributed by atoms with Gasteiger partial charge in [0.15, 0.2) is 0 Å². The summed E-state index contributed by atoms with van der Waals surface area (Å²) in [5, 5.41) is 14.9. The van der Waals surface area contributed by atoms with Crippen molar-refractivity contribution in [2.75, 3.05) is 14.2 Å². The molecular weight excluding hydrogens is 318 g/mol. The second-order valence-electron chi connectivity index (χ2n) is 5.61. The third-order valence-corrected chi connectivity index (χ3v) is 4.01. The zero-order valence-corrected chi connectivity index (χ0v) is 14.1. The van der Waals surface area contributed by atoms with Crippen molar-refractivity contribution >= 4 is 16.7 Å². The first-order valence-corrected chi connectivity index (χ1v) is 7.82. The van der Waals surface area contributed by atoms with Crippen LogP contribution < -0.4 is 14.8 Å². The SMILES string of the molecule is COc1ccc(C(=O)NCc2ccc3cc(OC)ccc3c2)c(O)c1. The number of nitrogens with one attached hydrogen (secondary N) is 1. The van der Waals surface area contributed by atoms with Crippen LogP contribution in [0.3, 0.4) is 0 Å². The van der Waals surface area contributed by atoms with Crippen LogP contribution in [0.2, 0.25) is 0 Å². The number of phenols is 1. The number of hydrogen-bond acceptors (Lipinski definition) is 4. The molecule has 2 N–H and O–H groups in total. The van der Waals surface area contributed by atoms with E-state index in [9.17, 15) is 9.90 Å². The fraction of sp³-hybridized carbons (Fsp3) is 0.150. The highest BCUT2D eigenvalue weighted by Crippen LogP contribution is 2.24. The Balaban J connectivity index is 1.72. The second kappa shape index (κ2) is 7.13. The molecule has 0 spiro atoms. The molecule has 3 aromatic rings. The molecule has 0 aromatic heterocycles. The van der Waals surface area contributed by atoms with E-state index in [0.29, 0.717) is 12.3 Å². The summed E-state index contributed by atoms with van der Waals surface area (Å²) in [5.74, 6) is 0.861. The van der Waals surface area contributed by atoms with Crippen LogP contribution in [0, 0.1) is 0 Å². The van der Waals surface area contributed by atoms with Gasteiger partial charge in [0.05, 0.1) is 19.8 Å². The van der Waals surface area contributed by atoms with Crippen molar-refractivity contribution < 1.29 is 19.4 Å². The third kappa shape index (κ3) is 3.66. The molecule has 3 aromatic carbocycles. The molecule has 5 heteroatoms. The predicted octanol–water partition coefficient (Wildman–Crippen LogP) is 3.49. The Morgan fingerprint density at radius 3 is 2.28 bits per heavy atom. The van der Waals surface area contributed by atoms with E-state index in [1.807, 2.05) is 36.4 Å². The Bertz CT molecular complexity index is 921. The standard InChI is InChI=1S/C20H19NO4/c1-24-16-6-5-14-9-13(3-4-15(14)10-16)12-21-20(23)18-8-7-17(25-2)11-19(18)22/h3-11,22H,12H2,1-2H3,(H,21,23). The van der Waals surface area contributed by atoms with E-state index in [1.165, 1.54) is 19.2 Å². The minimum atomic E-state index is -0.338. The number of benzene rings is 3. The zero-order valence-electron chi connectivity index (χ0n) is 14.1. The molecule has 0 saturated carbocycles. The van der Waals surface area contributed by atoms with E-state index in [4.69, 9.17) is 9.47 Å². The highest BCUT2D eigenvalue weighted by atomic mass is 16.5. The summed E-state index contributed by atoms with van der Waals surface area (Å²) in [7, 11) is 3.14. The third-order valence-electron chi connectivity index (χ3n) is 4.01. The van der Waals surface area contributed by atoms with E-state index in [2.05, 4.69) is 5.32 Å². The summed E-state index contributed by atoms with van der Waals surface area (Å²) in [4.78, 5) is 12.3. The number of fused-ring (bicyclic) bond motifs is 1. The van der Waals surface area contributed by atoms with Crippen LogP contribution in [0.1, 0.15) is 15.9 Å². The first-order chi connectivity index (χ1) is 12.1. The molecule has 0 heterocycles. The van der Waals surface area contributed by atoms with Gasteiger partial charge in [-0.1, -0.05) is 18.2 Å². The Kier molecular flexibility index (Phi) is 4.75. The minimum absolute atomic E-state index is 0.109. The molecule has 0 bridgehead atoms. The van der Waals surface area contributed by atoms with Crippen molar-refractivity contribution in [1.82, 2.24) is 5.32 Å². The maximum atomic E-state index is 12.3. The van der Waals surface area contributed by atoms with Crippen molar-refractivity contribution in [3.05, 3.63) is 65.7 Å². The predicted molar refractivity (Wildman–Crippen MR) is 96.3 cm³/mol. The fourth-order valence-electron chi connectivity index (χ4n) is 2.62. The van der Waals surface area contributed by atoms with Gasteiger partial charge in [0, 0.05) is 12.6 Å². The van der Waals surface area contributed by atoms with Gasteiger partial charge < -0.3 is 19.9 Å². The van der Waals surface area contributed by atoms with E-state index in [0.717, 1.165) is 22.1 Å². The molecule has 0 radical (unpaired) electrons. The van der Waals surface area contributed by atoms with Crippen molar-refractivity contribution in [3.8, 4) is 17.2 Å². The average Bonchev–Trinajstić information content (AvgIpc) is 2.65. The topological polar surface area (TPSA) is 67.8 Å². The van der Waals surface area contributed by atoms with Crippen LogP contribution in [-0.4, -0.2) is 25.2 Å². The highest BCUT2D eigenvalue weighted by molar-refractivity contribution is 5.97. The second-order valence-corrected chi connectivity index (χ2v) is 5.61. The van der Waals surface area contributed by atoms with Crippen molar-refractivity contribution in [3.63, 3.8) is 0 Å². The summed E-state index contributed by atoms with van der Waals surface area (Å²) < 4.78 is 10.2. The summed E-state index contributed by atoms with van der Waals surface area (Å²) in [6.45, 7) is 0.367. The summed E-state index contributed by atoms with van der Waals surface area (Å²) >= 11 is 0. The molecule has 0 aliphatic heterocycles. The molecule has 0 unspecified atom stereocenters. The molecule has 0 atom stereocenters. The fourth-order valence-corrected chi connectivity index (χ4v) is 2.62. The summed E-state index contributed by atoms with van der Waals surface area (Å²) in [6.07, 6.45) is 0. The number of methoxy groups -OCH3 is 2. The van der Waals surface area contributed by atoms with Crippen LogP contribution in [0.4, 0.5) is 0 Å². The normalized spacial score (nSPS) is 10.5. The van der Waals surface area contributed by atoms with Crippen molar-refractivity contribution in [1.29, 1.82) is 0 Å². The van der Waals surface area contributed by atoms with Gasteiger partial charge in [0.2, 0.25) is 0 Å². The molecule has 25 heavy (non-hydrogen) atoms. The lowest BCUT2D eigenvalue weighted by Crippen LogP contribution is -2.22. The lowest BCUT2D eigenvalue weighted by Gasteiger charge is -2.09. The van der Waals surface area contributed by atoms with Gasteiger partial charge in [0.25, 0.3) is 5.91 Å². The van der Waals surface area contributed by atoms with Gasteiger partial charge >= 0.3 is 0 Å². The van der Waals surface area contributed by atoms with Gasteiger partial charge in [-0.05, 0) is 46.7 Å². The number of hydrogen-bond donors (Lipinski definition) is 2. The van der Waals surface area contributed by atoms with Crippen LogP contribution >= 0.6 is 0 Å². The molecule has 5 nitrogen and oxygen atoms in total.